The van der Waals surface area contributed by atoms with Gasteiger partial charge in [-0.1, -0.05) is 25.6 Å². The maximum atomic E-state index is 13.3. The third-order valence-electron chi connectivity index (χ3n) is 6.23. The molecule has 6 nitrogen and oxygen atoms in total. The lowest BCUT2D eigenvalue weighted by Crippen LogP contribution is -2.40. The SMILES string of the molecule is C.COc1ccc([C@@H](Oc2ccc3c(c2)C=NC3c2ccc(F)cc2)[C@H](C)NC(=O)C2CC2)cn1. The highest BCUT2D eigenvalue weighted by atomic mass is 19.1. The molecule has 3 atom stereocenters. The Kier molecular flexibility index (Phi) is 7.15. The van der Waals surface area contributed by atoms with Crippen LogP contribution in [0, 0.1) is 11.7 Å². The predicted octanol–water partition coefficient (Wildman–Crippen LogP) is 5.42. The summed E-state index contributed by atoms with van der Waals surface area (Å²) in [5, 5.41) is 3.09. The molecular formula is C28H30FN3O3. The van der Waals surface area contributed by atoms with Gasteiger partial charge in [-0.2, -0.15) is 0 Å². The molecule has 182 valence electrons. The third kappa shape index (κ3) is 5.34. The first-order valence-corrected chi connectivity index (χ1v) is 11.4. The summed E-state index contributed by atoms with van der Waals surface area (Å²) in [6, 6.07) is 15.5. The Hall–Kier alpha value is -3.74. The van der Waals surface area contributed by atoms with Crippen molar-refractivity contribution in [2.24, 2.45) is 10.9 Å². The van der Waals surface area contributed by atoms with Crippen LogP contribution in [-0.2, 0) is 4.79 Å². The number of hydrogen-bond acceptors (Lipinski definition) is 5. The van der Waals surface area contributed by atoms with Crippen LogP contribution in [0.2, 0.25) is 0 Å². The van der Waals surface area contributed by atoms with Crippen LogP contribution in [0.4, 0.5) is 4.39 Å². The lowest BCUT2D eigenvalue weighted by atomic mass is 9.97. The molecule has 35 heavy (non-hydrogen) atoms. The van der Waals surface area contributed by atoms with E-state index in [4.69, 9.17) is 9.47 Å². The maximum Gasteiger partial charge on any atom is 0.223 e. The average molecular weight is 476 g/mol. The van der Waals surface area contributed by atoms with E-state index < -0.39 is 6.10 Å². The number of nitrogens with zero attached hydrogens (tertiary/aromatic N) is 2. The van der Waals surface area contributed by atoms with Crippen LogP contribution in [-0.4, -0.2) is 30.3 Å². The Morgan fingerprint density at radius 3 is 2.54 bits per heavy atom. The number of amides is 1. The number of halogens is 1. The van der Waals surface area contributed by atoms with Gasteiger partial charge >= 0.3 is 0 Å². The third-order valence-corrected chi connectivity index (χ3v) is 6.23. The number of rotatable bonds is 8. The van der Waals surface area contributed by atoms with Gasteiger partial charge in [0.05, 0.1) is 13.2 Å². The summed E-state index contributed by atoms with van der Waals surface area (Å²) in [4.78, 5) is 21.3. The van der Waals surface area contributed by atoms with Gasteiger partial charge < -0.3 is 14.8 Å². The molecule has 0 bridgehead atoms. The Morgan fingerprint density at radius 1 is 1.11 bits per heavy atom. The quantitative estimate of drug-likeness (QED) is 0.472. The lowest BCUT2D eigenvalue weighted by molar-refractivity contribution is -0.123. The van der Waals surface area contributed by atoms with E-state index in [0.717, 1.165) is 35.1 Å². The highest BCUT2D eigenvalue weighted by molar-refractivity contribution is 5.86. The van der Waals surface area contributed by atoms with Crippen molar-refractivity contribution in [1.29, 1.82) is 0 Å². The number of carbonyl (C=O) groups is 1. The molecule has 1 aliphatic carbocycles. The summed E-state index contributed by atoms with van der Waals surface area (Å²) >= 11 is 0. The normalized spacial score (nSPS) is 17.6. The molecule has 3 aromatic rings. The van der Waals surface area contributed by atoms with Gasteiger partial charge in [0, 0.05) is 35.5 Å². The Labute approximate surface area is 205 Å². The van der Waals surface area contributed by atoms with Gasteiger partial charge in [-0.3, -0.25) is 9.79 Å². The van der Waals surface area contributed by atoms with Crippen molar-refractivity contribution in [3.8, 4) is 11.6 Å². The van der Waals surface area contributed by atoms with E-state index in [1.54, 1.807) is 31.5 Å². The van der Waals surface area contributed by atoms with Crippen LogP contribution < -0.4 is 14.8 Å². The average Bonchev–Trinajstić information content (AvgIpc) is 3.63. The van der Waals surface area contributed by atoms with Gasteiger partial charge in [0.2, 0.25) is 11.8 Å². The molecule has 1 saturated carbocycles. The second kappa shape index (κ2) is 10.3. The largest absolute Gasteiger partial charge is 0.484 e. The van der Waals surface area contributed by atoms with Gasteiger partial charge in [-0.15, -0.1) is 0 Å². The monoisotopic (exact) mass is 475 g/mol. The highest BCUT2D eigenvalue weighted by Crippen LogP contribution is 2.36. The van der Waals surface area contributed by atoms with Crippen molar-refractivity contribution in [3.63, 3.8) is 0 Å². The molecule has 1 aliphatic heterocycles. The smallest absolute Gasteiger partial charge is 0.223 e. The van der Waals surface area contributed by atoms with Crippen molar-refractivity contribution in [3.05, 3.63) is 88.9 Å². The van der Waals surface area contributed by atoms with Gasteiger partial charge in [0.1, 0.15) is 23.7 Å². The minimum absolute atomic E-state index is 0. The summed E-state index contributed by atoms with van der Waals surface area (Å²) in [5.74, 6) is 1.08. The number of ether oxygens (including phenoxy) is 2. The number of hydrogen-bond donors (Lipinski definition) is 1. The Balaban J connectivity index is 0.00000289. The summed E-state index contributed by atoms with van der Waals surface area (Å²) in [6.07, 6.45) is 4.97. The number of methoxy groups -OCH3 is 1. The first-order chi connectivity index (χ1) is 16.5. The number of fused-ring (bicyclic) bond motifs is 1. The first-order valence-electron chi connectivity index (χ1n) is 11.4. The fourth-order valence-corrected chi connectivity index (χ4v) is 4.18. The van der Waals surface area contributed by atoms with Crippen LogP contribution in [0.3, 0.4) is 0 Å². The molecule has 2 aliphatic rings. The number of aliphatic imine (C=N–C) groups is 1. The predicted molar refractivity (Wildman–Crippen MR) is 133 cm³/mol. The number of carbonyl (C=O) groups excluding carboxylic acids is 1. The molecule has 0 radical (unpaired) electrons. The van der Waals surface area contributed by atoms with E-state index >= 15 is 0 Å². The van der Waals surface area contributed by atoms with Crippen molar-refractivity contribution in [1.82, 2.24) is 10.3 Å². The molecule has 2 heterocycles. The highest BCUT2D eigenvalue weighted by Gasteiger charge is 2.33. The number of nitrogens with one attached hydrogen (secondary N) is 1. The molecule has 1 aromatic heterocycles. The van der Waals surface area contributed by atoms with E-state index in [9.17, 15) is 9.18 Å². The van der Waals surface area contributed by atoms with Crippen LogP contribution in [0.25, 0.3) is 0 Å². The molecule has 2 aromatic carbocycles. The molecule has 7 heteroatoms. The van der Waals surface area contributed by atoms with Gasteiger partial charge in [-0.05, 0) is 61.2 Å². The van der Waals surface area contributed by atoms with Crippen LogP contribution in [0.5, 0.6) is 11.6 Å². The van der Waals surface area contributed by atoms with Crippen LogP contribution in [0.1, 0.15) is 61.6 Å². The Bertz CT molecular complexity index is 1210. The van der Waals surface area contributed by atoms with Gasteiger partial charge in [-0.25, -0.2) is 9.37 Å². The Morgan fingerprint density at radius 2 is 1.89 bits per heavy atom. The fourth-order valence-electron chi connectivity index (χ4n) is 4.18. The van der Waals surface area contributed by atoms with Gasteiger partial charge in [0.25, 0.3) is 0 Å². The summed E-state index contributed by atoms with van der Waals surface area (Å²) < 4.78 is 24.9. The molecular weight excluding hydrogens is 445 g/mol. The minimum atomic E-state index is -0.439. The van der Waals surface area contributed by atoms with Crippen molar-refractivity contribution in [2.75, 3.05) is 7.11 Å². The molecule has 5 rings (SSSR count). The molecule has 1 unspecified atom stereocenters. The summed E-state index contributed by atoms with van der Waals surface area (Å²) in [5.41, 5.74) is 3.76. The summed E-state index contributed by atoms with van der Waals surface area (Å²) in [7, 11) is 1.57. The van der Waals surface area contributed by atoms with E-state index in [1.807, 2.05) is 37.4 Å². The number of pyridine rings is 1. The fraction of sp³-hybridized carbons (Fsp3) is 0.321. The number of aromatic nitrogens is 1. The van der Waals surface area contributed by atoms with Crippen LogP contribution in [0.15, 0.2) is 65.8 Å². The van der Waals surface area contributed by atoms with E-state index in [0.29, 0.717) is 11.6 Å². The molecule has 0 spiro atoms. The molecule has 1 fully saturated rings. The zero-order chi connectivity index (χ0) is 23.7. The topological polar surface area (TPSA) is 72.8 Å². The number of benzene rings is 2. The second-order valence-electron chi connectivity index (χ2n) is 8.77. The van der Waals surface area contributed by atoms with Gasteiger partial charge in [0.15, 0.2) is 0 Å². The standard InChI is InChI=1S/C27H26FN3O3.CH4/c1-16(31-27(32)18-3-4-18)26(19-7-12-24(33-2)29-14-19)34-22-10-11-23-20(13-22)15-30-25(23)17-5-8-21(28)9-6-17;/h5-16,18,25-26H,3-4H2,1-2H3,(H,31,32);1H4/t16-,25?,26-;/m0./s1. The van der Waals surface area contributed by atoms with E-state index in [2.05, 4.69) is 15.3 Å². The molecule has 0 saturated heterocycles. The summed E-state index contributed by atoms with van der Waals surface area (Å²) in [6.45, 7) is 1.94. The molecule has 1 amide bonds. The van der Waals surface area contributed by atoms with Crippen molar-refractivity contribution in [2.45, 2.75) is 45.4 Å². The molecule has 1 N–H and O–H groups in total. The maximum absolute atomic E-state index is 13.3. The zero-order valence-electron chi connectivity index (χ0n) is 19.1. The van der Waals surface area contributed by atoms with Crippen LogP contribution >= 0.6 is 0 Å². The van der Waals surface area contributed by atoms with E-state index in [-0.39, 0.29) is 37.2 Å². The first kappa shape index (κ1) is 24.4. The minimum Gasteiger partial charge on any atom is -0.484 e. The van der Waals surface area contributed by atoms with Crippen molar-refractivity contribution < 1.29 is 18.7 Å². The second-order valence-corrected chi connectivity index (χ2v) is 8.77. The lowest BCUT2D eigenvalue weighted by Gasteiger charge is -2.27. The van der Waals surface area contributed by atoms with E-state index in [1.165, 1.54) is 12.1 Å². The zero-order valence-corrected chi connectivity index (χ0v) is 19.1. The van der Waals surface area contributed by atoms with Crippen molar-refractivity contribution >= 4 is 12.1 Å².